The van der Waals surface area contributed by atoms with E-state index in [2.05, 4.69) is 21.3 Å². The summed E-state index contributed by atoms with van der Waals surface area (Å²) in [5, 5.41) is 9.35. The van der Waals surface area contributed by atoms with E-state index in [0.29, 0.717) is 5.56 Å². The number of fused-ring (bicyclic) bond motifs is 2. The number of hydrogen-bond donors (Lipinski definition) is 4. The summed E-state index contributed by atoms with van der Waals surface area (Å²) < 4.78 is 38.1. The van der Waals surface area contributed by atoms with Crippen LogP contribution in [0.2, 0.25) is 0 Å². The number of alkyl halides is 3. The molecule has 0 saturated carbocycles. The van der Waals surface area contributed by atoms with Gasteiger partial charge < -0.3 is 10.6 Å². The highest BCUT2D eigenvalue weighted by atomic mass is 19.4. The fraction of sp³-hybridized carbons (Fsp3) is 0.190. The molecule has 4 aliphatic heterocycles. The minimum absolute atomic E-state index is 0.0244. The van der Waals surface area contributed by atoms with Crippen molar-refractivity contribution in [2.45, 2.75) is 50.9 Å². The molecule has 10 amide bonds. The van der Waals surface area contributed by atoms with Crippen LogP contribution in [0.1, 0.15) is 99.0 Å². The first-order valence-corrected chi connectivity index (χ1v) is 18.5. The first kappa shape index (κ1) is 41.3. The molecule has 0 aliphatic carbocycles. The Bertz CT molecular complexity index is 2610. The Hall–Kier alpha value is -7.83. The van der Waals surface area contributed by atoms with E-state index in [1.165, 1.54) is 30.3 Å². The number of nitrogens with one attached hydrogen (secondary N) is 4. The summed E-state index contributed by atoms with van der Waals surface area (Å²) in [5.41, 5.74) is 0.553. The molecule has 4 aromatic carbocycles. The predicted octanol–water partition coefficient (Wildman–Crippen LogP) is 4.01. The number of hydrogen-bond acceptors (Lipinski definition) is 10. The summed E-state index contributed by atoms with van der Waals surface area (Å²) in [4.78, 5) is 125. The van der Waals surface area contributed by atoms with Crippen molar-refractivity contribution in [2.75, 3.05) is 10.6 Å². The van der Waals surface area contributed by atoms with Crippen molar-refractivity contribution >= 4 is 70.4 Å². The Kier molecular flexibility index (Phi) is 10.9. The molecule has 19 heteroatoms. The van der Waals surface area contributed by atoms with Gasteiger partial charge in [0.1, 0.15) is 12.1 Å². The molecule has 310 valence electrons. The van der Waals surface area contributed by atoms with Gasteiger partial charge in [0.25, 0.3) is 35.4 Å². The Balaban J connectivity index is 0.000000185. The van der Waals surface area contributed by atoms with Crippen LogP contribution in [0.15, 0.2) is 84.9 Å². The number of anilines is 2. The molecule has 2 fully saturated rings. The van der Waals surface area contributed by atoms with E-state index in [1.54, 1.807) is 30.3 Å². The summed E-state index contributed by atoms with van der Waals surface area (Å²) in [6.45, 7) is 1.90. The van der Waals surface area contributed by atoms with E-state index in [0.717, 1.165) is 39.6 Å². The average molecular weight is 837 g/mol. The minimum Gasteiger partial charge on any atom is -0.321 e. The third-order valence-corrected chi connectivity index (χ3v) is 10.2. The number of piperidine rings is 2. The normalized spacial score (nSPS) is 18.5. The maximum atomic E-state index is 13.0. The van der Waals surface area contributed by atoms with Gasteiger partial charge in [0.2, 0.25) is 23.6 Å². The van der Waals surface area contributed by atoms with Crippen LogP contribution in [0.25, 0.3) is 0 Å². The van der Waals surface area contributed by atoms with E-state index in [1.807, 2.05) is 6.92 Å². The molecule has 0 aromatic heterocycles. The Morgan fingerprint density at radius 3 is 1.34 bits per heavy atom. The number of rotatable bonds is 6. The number of nitrogens with zero attached hydrogens (tertiary/aromatic N) is 2. The van der Waals surface area contributed by atoms with Crippen molar-refractivity contribution in [2.24, 2.45) is 0 Å². The Labute approximate surface area is 342 Å². The van der Waals surface area contributed by atoms with Crippen molar-refractivity contribution in [1.29, 1.82) is 0 Å². The lowest BCUT2D eigenvalue weighted by molar-refractivity contribution is -0.138. The Morgan fingerprint density at radius 1 is 0.574 bits per heavy atom. The number of halogens is 3. The van der Waals surface area contributed by atoms with Crippen LogP contribution in [-0.4, -0.2) is 81.0 Å². The highest BCUT2D eigenvalue weighted by Crippen LogP contribution is 2.35. The van der Waals surface area contributed by atoms with Crippen molar-refractivity contribution in [1.82, 2.24) is 20.4 Å². The molecule has 4 heterocycles. The number of amides is 10. The monoisotopic (exact) mass is 836 g/mol. The van der Waals surface area contributed by atoms with Crippen molar-refractivity contribution < 1.29 is 61.1 Å². The highest BCUT2D eigenvalue weighted by molar-refractivity contribution is 6.27. The van der Waals surface area contributed by atoms with E-state index in [9.17, 15) is 61.1 Å². The predicted molar refractivity (Wildman–Crippen MR) is 205 cm³/mol. The summed E-state index contributed by atoms with van der Waals surface area (Å²) >= 11 is 0. The van der Waals surface area contributed by atoms with Crippen LogP contribution in [-0.2, 0) is 25.4 Å². The fourth-order valence-corrected chi connectivity index (χ4v) is 7.14. The van der Waals surface area contributed by atoms with Crippen LogP contribution in [0.3, 0.4) is 0 Å². The van der Waals surface area contributed by atoms with Gasteiger partial charge >= 0.3 is 6.18 Å². The van der Waals surface area contributed by atoms with Gasteiger partial charge in [-0.2, -0.15) is 13.2 Å². The van der Waals surface area contributed by atoms with Gasteiger partial charge in [-0.25, -0.2) is 0 Å². The van der Waals surface area contributed by atoms with Gasteiger partial charge in [-0.3, -0.25) is 68.4 Å². The van der Waals surface area contributed by atoms with Crippen LogP contribution in [0, 0.1) is 6.92 Å². The standard InChI is InChI=1S/C21H14F3N3O5.C21H17N3O5/c22-21(23,24)11-6-4-10(5-7-11)17(29)25-13-3-1-2-12-16(13)20(32)27(19(12)31)14-8-9-15(28)26-18(14)30;1-11-5-7-12(8-6-11)18(26)22-14-4-2-3-13-17(14)21(29)24(20(13)28)15-9-10-16(25)23-19(15)27/h1-7,14H,8-9H2,(H,25,29)(H,26,28,30);2-8,15H,9-10H2,1H3,(H,22,26)(H,23,25,27). The van der Waals surface area contributed by atoms with Crippen molar-refractivity contribution in [3.05, 3.63) is 129 Å². The number of imide groups is 4. The third kappa shape index (κ3) is 7.99. The number of carbonyl (C=O) groups is 10. The van der Waals surface area contributed by atoms with Gasteiger partial charge in [-0.1, -0.05) is 29.8 Å². The second-order valence-corrected chi connectivity index (χ2v) is 14.2. The van der Waals surface area contributed by atoms with Crippen molar-refractivity contribution in [3.8, 4) is 0 Å². The van der Waals surface area contributed by atoms with Gasteiger partial charge in [0, 0.05) is 24.0 Å². The molecule has 2 unspecified atom stereocenters. The smallest absolute Gasteiger partial charge is 0.321 e. The molecular weight excluding hydrogens is 805 g/mol. The van der Waals surface area contributed by atoms with Crippen LogP contribution in [0.5, 0.6) is 0 Å². The average Bonchev–Trinajstić information content (AvgIpc) is 3.62. The van der Waals surface area contributed by atoms with Crippen LogP contribution < -0.4 is 21.3 Å². The maximum absolute atomic E-state index is 13.0. The van der Waals surface area contributed by atoms with Crippen molar-refractivity contribution in [3.63, 3.8) is 0 Å². The zero-order chi connectivity index (χ0) is 43.9. The van der Waals surface area contributed by atoms with Crippen LogP contribution in [0.4, 0.5) is 24.5 Å². The number of carbonyl (C=O) groups excluding carboxylic acids is 10. The number of benzene rings is 4. The summed E-state index contributed by atoms with van der Waals surface area (Å²) in [6, 6.07) is 16.9. The maximum Gasteiger partial charge on any atom is 0.416 e. The molecule has 2 saturated heterocycles. The molecule has 8 rings (SSSR count). The zero-order valence-corrected chi connectivity index (χ0v) is 31.7. The van der Waals surface area contributed by atoms with E-state index in [-0.39, 0.29) is 64.9 Å². The molecule has 4 aromatic rings. The largest absolute Gasteiger partial charge is 0.416 e. The SMILES string of the molecule is Cc1ccc(C(=O)Nc2cccc3c2C(=O)N(C2CCC(=O)NC2=O)C3=O)cc1.O=C1CCC(N2C(=O)c3cccc(NC(=O)c4ccc(C(F)(F)F)cc4)c3C2=O)C(=O)N1. The highest BCUT2D eigenvalue weighted by Gasteiger charge is 2.47. The topological polar surface area (TPSA) is 225 Å². The van der Waals surface area contributed by atoms with Gasteiger partial charge in [0.15, 0.2) is 0 Å². The lowest BCUT2D eigenvalue weighted by Crippen LogP contribution is -2.54. The summed E-state index contributed by atoms with van der Waals surface area (Å²) in [5.74, 6) is -6.45. The lowest BCUT2D eigenvalue weighted by atomic mass is 10.0. The molecular formula is C42H31F3N6O10. The second kappa shape index (κ2) is 16.1. The molecule has 0 spiro atoms. The van der Waals surface area contributed by atoms with Crippen LogP contribution >= 0.6 is 0 Å². The lowest BCUT2D eigenvalue weighted by Gasteiger charge is -2.27. The Morgan fingerprint density at radius 2 is 0.967 bits per heavy atom. The van der Waals surface area contributed by atoms with Gasteiger partial charge in [0.05, 0.1) is 39.2 Å². The molecule has 61 heavy (non-hydrogen) atoms. The molecule has 0 radical (unpaired) electrons. The quantitative estimate of drug-likeness (QED) is 0.204. The van der Waals surface area contributed by atoms with E-state index in [4.69, 9.17) is 0 Å². The number of aryl methyl sites for hydroxylation is 1. The summed E-state index contributed by atoms with van der Waals surface area (Å²) in [6.07, 6.45) is -4.51. The first-order valence-electron chi connectivity index (χ1n) is 18.5. The third-order valence-electron chi connectivity index (χ3n) is 10.2. The fourth-order valence-electron chi connectivity index (χ4n) is 7.14. The van der Waals surface area contributed by atoms with E-state index >= 15 is 0 Å². The van der Waals surface area contributed by atoms with Gasteiger partial charge in [-0.05, 0) is 80.4 Å². The molecule has 4 N–H and O–H groups in total. The summed E-state index contributed by atoms with van der Waals surface area (Å²) in [7, 11) is 0. The minimum atomic E-state index is -4.55. The first-order chi connectivity index (χ1) is 28.9. The molecule has 4 aliphatic rings. The molecule has 16 nitrogen and oxygen atoms in total. The molecule has 2 atom stereocenters. The second-order valence-electron chi connectivity index (χ2n) is 14.2. The van der Waals surface area contributed by atoms with Gasteiger partial charge in [-0.15, -0.1) is 0 Å². The zero-order valence-electron chi connectivity index (χ0n) is 31.7. The van der Waals surface area contributed by atoms with E-state index < -0.39 is 82.9 Å². The molecule has 0 bridgehead atoms.